The third-order valence-corrected chi connectivity index (χ3v) is 4.27. The van der Waals surface area contributed by atoms with E-state index in [1.54, 1.807) is 7.11 Å². The van der Waals surface area contributed by atoms with Gasteiger partial charge in [0.2, 0.25) is 0 Å². The van der Waals surface area contributed by atoms with Gasteiger partial charge in [0.15, 0.2) is 0 Å². The Morgan fingerprint density at radius 1 is 1.24 bits per heavy atom. The summed E-state index contributed by atoms with van der Waals surface area (Å²) in [5.41, 5.74) is 7.06. The molecular formula is C17H25NO3. The van der Waals surface area contributed by atoms with Gasteiger partial charge in [0.05, 0.1) is 7.11 Å². The maximum absolute atomic E-state index is 11.8. The number of carbonyl (C=O) groups excluding carboxylic acids is 1. The van der Waals surface area contributed by atoms with E-state index < -0.39 is 6.04 Å². The molecule has 0 bridgehead atoms. The van der Waals surface area contributed by atoms with Crippen LogP contribution in [0.3, 0.4) is 0 Å². The lowest BCUT2D eigenvalue weighted by Crippen LogP contribution is -2.35. The Bertz CT molecular complexity index is 458. The molecule has 4 nitrogen and oxygen atoms in total. The van der Waals surface area contributed by atoms with Gasteiger partial charge in [-0.15, -0.1) is 0 Å². The Balaban J connectivity index is 2.03. The van der Waals surface area contributed by atoms with E-state index in [1.807, 2.05) is 19.1 Å². The predicted octanol–water partition coefficient (Wildman–Crippen LogP) is 2.69. The first kappa shape index (κ1) is 15.8. The molecule has 0 saturated carbocycles. The van der Waals surface area contributed by atoms with Crippen LogP contribution in [-0.4, -0.2) is 25.2 Å². The van der Waals surface area contributed by atoms with Gasteiger partial charge in [0.25, 0.3) is 0 Å². The second-order valence-corrected chi connectivity index (χ2v) is 5.85. The SMILES string of the molecule is COc1ccc(C[C@@H]2CCCC[C@H](N)C(=O)O[C@H]2C)cc1. The fourth-order valence-corrected chi connectivity index (χ4v) is 2.82. The Kier molecular flexibility index (Phi) is 5.62. The van der Waals surface area contributed by atoms with Crippen molar-refractivity contribution in [1.82, 2.24) is 0 Å². The zero-order chi connectivity index (χ0) is 15.2. The summed E-state index contributed by atoms with van der Waals surface area (Å²) in [6.07, 6.45) is 4.68. The molecule has 0 amide bonds. The van der Waals surface area contributed by atoms with Crippen molar-refractivity contribution in [3.63, 3.8) is 0 Å². The Morgan fingerprint density at radius 3 is 2.57 bits per heavy atom. The monoisotopic (exact) mass is 291 g/mol. The van der Waals surface area contributed by atoms with Gasteiger partial charge in [0.1, 0.15) is 17.9 Å². The number of rotatable bonds is 3. The molecule has 0 unspecified atom stereocenters. The van der Waals surface area contributed by atoms with Gasteiger partial charge < -0.3 is 15.2 Å². The molecule has 21 heavy (non-hydrogen) atoms. The molecule has 1 aliphatic rings. The number of cyclic esters (lactones) is 1. The van der Waals surface area contributed by atoms with Crippen molar-refractivity contribution in [2.45, 2.75) is 51.2 Å². The molecule has 2 N–H and O–H groups in total. The van der Waals surface area contributed by atoms with Crippen LogP contribution in [0.15, 0.2) is 24.3 Å². The number of ether oxygens (including phenoxy) is 2. The summed E-state index contributed by atoms with van der Waals surface area (Å²) in [7, 11) is 1.66. The summed E-state index contributed by atoms with van der Waals surface area (Å²) in [6, 6.07) is 7.62. The summed E-state index contributed by atoms with van der Waals surface area (Å²) in [5.74, 6) is 0.940. The molecular weight excluding hydrogens is 266 g/mol. The number of carbonyl (C=O) groups is 1. The summed E-state index contributed by atoms with van der Waals surface area (Å²) < 4.78 is 10.7. The van der Waals surface area contributed by atoms with Crippen molar-refractivity contribution < 1.29 is 14.3 Å². The van der Waals surface area contributed by atoms with E-state index in [-0.39, 0.29) is 12.1 Å². The Labute approximate surface area is 126 Å². The molecule has 116 valence electrons. The van der Waals surface area contributed by atoms with Crippen LogP contribution in [0.25, 0.3) is 0 Å². The molecule has 0 aliphatic carbocycles. The molecule has 1 saturated heterocycles. The van der Waals surface area contributed by atoms with Gasteiger partial charge in [-0.2, -0.15) is 0 Å². The number of nitrogens with two attached hydrogens (primary N) is 1. The quantitative estimate of drug-likeness (QED) is 0.870. The fourth-order valence-electron chi connectivity index (χ4n) is 2.82. The Morgan fingerprint density at radius 2 is 1.90 bits per heavy atom. The standard InChI is InChI=1S/C17H25NO3/c1-12-14(5-3-4-6-16(18)17(19)21-12)11-13-7-9-15(20-2)10-8-13/h7-10,12,14,16H,3-6,11,18H2,1-2H3/t12-,14-,16-/m0/s1. The highest BCUT2D eigenvalue weighted by Gasteiger charge is 2.26. The molecule has 0 radical (unpaired) electrons. The summed E-state index contributed by atoms with van der Waals surface area (Å²) in [6.45, 7) is 1.98. The van der Waals surface area contributed by atoms with E-state index in [2.05, 4.69) is 12.1 Å². The lowest BCUT2D eigenvalue weighted by Gasteiger charge is -2.24. The fraction of sp³-hybridized carbons (Fsp3) is 0.588. The summed E-state index contributed by atoms with van der Waals surface area (Å²) in [5, 5.41) is 0. The lowest BCUT2D eigenvalue weighted by molar-refractivity contribution is -0.152. The number of benzene rings is 1. The van der Waals surface area contributed by atoms with Gasteiger partial charge in [-0.3, -0.25) is 4.79 Å². The molecule has 2 rings (SSSR count). The van der Waals surface area contributed by atoms with Gasteiger partial charge in [0, 0.05) is 0 Å². The highest BCUT2D eigenvalue weighted by molar-refractivity contribution is 5.75. The largest absolute Gasteiger partial charge is 0.497 e. The van der Waals surface area contributed by atoms with E-state index in [0.717, 1.165) is 37.9 Å². The van der Waals surface area contributed by atoms with Crippen LogP contribution in [-0.2, 0) is 16.0 Å². The molecule has 3 atom stereocenters. The summed E-state index contributed by atoms with van der Waals surface area (Å²) >= 11 is 0. The van der Waals surface area contributed by atoms with Crippen LogP contribution in [0.5, 0.6) is 5.75 Å². The van der Waals surface area contributed by atoms with Crippen molar-refractivity contribution in [3.05, 3.63) is 29.8 Å². The zero-order valence-corrected chi connectivity index (χ0v) is 12.9. The average Bonchev–Trinajstić information content (AvgIpc) is 2.54. The van der Waals surface area contributed by atoms with Crippen molar-refractivity contribution in [1.29, 1.82) is 0 Å². The third kappa shape index (κ3) is 4.46. The maximum Gasteiger partial charge on any atom is 0.323 e. The first-order valence-corrected chi connectivity index (χ1v) is 7.69. The minimum atomic E-state index is -0.466. The van der Waals surface area contributed by atoms with Crippen molar-refractivity contribution in [2.24, 2.45) is 11.7 Å². The molecule has 0 spiro atoms. The van der Waals surface area contributed by atoms with Crippen LogP contribution >= 0.6 is 0 Å². The van der Waals surface area contributed by atoms with Gasteiger partial charge in [-0.1, -0.05) is 25.0 Å². The second-order valence-electron chi connectivity index (χ2n) is 5.85. The van der Waals surface area contributed by atoms with Crippen molar-refractivity contribution in [2.75, 3.05) is 7.11 Å². The number of hydrogen-bond donors (Lipinski definition) is 1. The average molecular weight is 291 g/mol. The van der Waals surface area contributed by atoms with Crippen LogP contribution in [0, 0.1) is 5.92 Å². The topological polar surface area (TPSA) is 61.5 Å². The predicted molar refractivity (Wildman–Crippen MR) is 82.2 cm³/mol. The summed E-state index contributed by atoms with van der Waals surface area (Å²) in [4.78, 5) is 11.8. The van der Waals surface area contributed by atoms with E-state index in [9.17, 15) is 4.79 Å². The Hall–Kier alpha value is -1.55. The van der Waals surface area contributed by atoms with Gasteiger partial charge >= 0.3 is 5.97 Å². The third-order valence-electron chi connectivity index (χ3n) is 4.27. The molecule has 1 aliphatic heterocycles. The second kappa shape index (κ2) is 7.46. The van der Waals surface area contributed by atoms with E-state index in [0.29, 0.717) is 5.92 Å². The van der Waals surface area contributed by atoms with Gasteiger partial charge in [-0.25, -0.2) is 0 Å². The molecule has 1 aromatic rings. The van der Waals surface area contributed by atoms with Crippen molar-refractivity contribution in [3.8, 4) is 5.75 Å². The first-order valence-electron chi connectivity index (χ1n) is 7.69. The molecule has 0 aromatic heterocycles. The van der Waals surface area contributed by atoms with Crippen LogP contribution in [0.1, 0.15) is 38.2 Å². The van der Waals surface area contributed by atoms with Crippen LogP contribution < -0.4 is 10.5 Å². The highest BCUT2D eigenvalue weighted by Crippen LogP contribution is 2.25. The lowest BCUT2D eigenvalue weighted by atomic mass is 9.90. The molecule has 1 fully saturated rings. The maximum atomic E-state index is 11.8. The minimum absolute atomic E-state index is 0.0937. The molecule has 1 heterocycles. The number of methoxy groups -OCH3 is 1. The van der Waals surface area contributed by atoms with E-state index in [4.69, 9.17) is 15.2 Å². The van der Waals surface area contributed by atoms with Gasteiger partial charge in [-0.05, 0) is 49.8 Å². The smallest absolute Gasteiger partial charge is 0.323 e. The van der Waals surface area contributed by atoms with E-state index in [1.165, 1.54) is 5.56 Å². The highest BCUT2D eigenvalue weighted by atomic mass is 16.5. The number of hydrogen-bond acceptors (Lipinski definition) is 4. The molecule has 1 aromatic carbocycles. The zero-order valence-electron chi connectivity index (χ0n) is 12.9. The number of esters is 1. The first-order chi connectivity index (χ1) is 10.1. The normalized spacial score (nSPS) is 27.2. The van der Waals surface area contributed by atoms with Crippen molar-refractivity contribution >= 4 is 5.97 Å². The minimum Gasteiger partial charge on any atom is -0.497 e. The van der Waals surface area contributed by atoms with Crippen LogP contribution in [0.4, 0.5) is 0 Å². The van der Waals surface area contributed by atoms with E-state index >= 15 is 0 Å². The molecule has 4 heteroatoms. The van der Waals surface area contributed by atoms with Crippen LogP contribution in [0.2, 0.25) is 0 Å².